The van der Waals surface area contributed by atoms with Gasteiger partial charge in [0.2, 0.25) is 0 Å². The van der Waals surface area contributed by atoms with Gasteiger partial charge in [-0.3, -0.25) is 4.79 Å². The van der Waals surface area contributed by atoms with Crippen molar-refractivity contribution in [2.45, 2.75) is 38.1 Å². The average Bonchev–Trinajstić information content (AvgIpc) is 3.69. The topological polar surface area (TPSA) is 128 Å². The van der Waals surface area contributed by atoms with Crippen LogP contribution in [0.3, 0.4) is 0 Å². The second kappa shape index (κ2) is 12.7. The number of nitrogens with one attached hydrogen (secondary N) is 4. The number of amides is 1. The molecule has 12 heteroatoms. The summed E-state index contributed by atoms with van der Waals surface area (Å²) in [7, 11) is 0. The number of imidazole rings is 1. The lowest BCUT2D eigenvalue weighted by atomic mass is 9.98. The van der Waals surface area contributed by atoms with Gasteiger partial charge >= 0.3 is 0 Å². The summed E-state index contributed by atoms with van der Waals surface area (Å²) < 4.78 is 0. The number of benzene rings is 2. The maximum atomic E-state index is 13.1. The highest BCUT2D eigenvalue weighted by Gasteiger charge is 2.25. The van der Waals surface area contributed by atoms with Crippen LogP contribution in [0.4, 0.5) is 5.82 Å². The number of halogens is 2. The highest BCUT2D eigenvalue weighted by Crippen LogP contribution is 2.32. The number of likely N-dealkylation sites (tertiary alicyclic amines) is 1. The smallest absolute Gasteiger partial charge is 0.255 e. The van der Waals surface area contributed by atoms with Gasteiger partial charge in [0.1, 0.15) is 23.9 Å². The van der Waals surface area contributed by atoms with Gasteiger partial charge in [0.05, 0.1) is 38.9 Å². The zero-order valence-electron chi connectivity index (χ0n) is 23.1. The summed E-state index contributed by atoms with van der Waals surface area (Å²) in [6, 6.07) is 8.42. The van der Waals surface area contributed by atoms with Gasteiger partial charge in [-0.05, 0) is 75.0 Å². The first kappa shape index (κ1) is 28.4. The molecule has 4 aromatic rings. The van der Waals surface area contributed by atoms with Gasteiger partial charge in [0.25, 0.3) is 5.91 Å². The van der Waals surface area contributed by atoms with E-state index in [1.54, 1.807) is 18.2 Å². The number of aromatic nitrogens is 4. The number of carbonyl (C=O) groups is 1. The monoisotopic (exact) mass is 606 g/mol. The largest absolute Gasteiger partial charge is 0.379 e. The van der Waals surface area contributed by atoms with E-state index >= 15 is 0 Å². The summed E-state index contributed by atoms with van der Waals surface area (Å²) in [5.74, 6) is 3.62. The van der Waals surface area contributed by atoms with E-state index in [4.69, 9.17) is 28.2 Å². The molecular weight excluding hydrogens is 575 g/mol. The molecule has 1 atom stereocenters. The van der Waals surface area contributed by atoms with Gasteiger partial charge in [-0.25, -0.2) is 19.7 Å². The summed E-state index contributed by atoms with van der Waals surface area (Å²) in [5.41, 5.74) is 2.99. The molecule has 1 amide bonds. The Morgan fingerprint density at radius 1 is 1.10 bits per heavy atom. The molecule has 2 fully saturated rings. The maximum absolute atomic E-state index is 13.1. The fourth-order valence-corrected chi connectivity index (χ4v) is 6.12. The normalized spacial score (nSPS) is 16.5. The van der Waals surface area contributed by atoms with Crippen LogP contribution in [-0.2, 0) is 4.79 Å². The third-order valence-corrected chi connectivity index (χ3v) is 8.59. The predicted molar refractivity (Wildman–Crippen MR) is 165 cm³/mol. The molecule has 4 heterocycles. The number of hydrogen-bond acceptors (Lipinski definition) is 8. The van der Waals surface area contributed by atoms with E-state index in [1.165, 1.54) is 6.33 Å². The van der Waals surface area contributed by atoms with Crippen molar-refractivity contribution in [3.63, 3.8) is 0 Å². The Kier molecular flexibility index (Phi) is 8.58. The van der Waals surface area contributed by atoms with E-state index in [0.29, 0.717) is 56.3 Å². The minimum Gasteiger partial charge on any atom is -0.379 e. The zero-order chi connectivity index (χ0) is 29.1. The molecular formula is C30H32Cl2N8O2. The number of H-pyrrole nitrogens is 1. The predicted octanol–water partition coefficient (Wildman–Crippen LogP) is 4.90. The zero-order valence-corrected chi connectivity index (χ0v) is 24.6. The van der Waals surface area contributed by atoms with Crippen molar-refractivity contribution >= 4 is 62.8 Å². The molecule has 0 bridgehead atoms. The lowest BCUT2D eigenvalue weighted by molar-refractivity contribution is 0.0793. The molecule has 0 aliphatic carbocycles. The van der Waals surface area contributed by atoms with Crippen LogP contribution in [0.1, 0.15) is 54.3 Å². The quantitative estimate of drug-likeness (QED) is 0.198. The van der Waals surface area contributed by atoms with E-state index in [0.717, 1.165) is 62.9 Å². The molecule has 2 saturated heterocycles. The first-order valence-electron chi connectivity index (χ1n) is 14.3. The fourth-order valence-electron chi connectivity index (χ4n) is 5.70. The van der Waals surface area contributed by atoms with Gasteiger partial charge in [0, 0.05) is 36.5 Å². The highest BCUT2D eigenvalue weighted by molar-refractivity contribution is 6.35. The van der Waals surface area contributed by atoms with E-state index < -0.39 is 6.04 Å². The first-order chi connectivity index (χ1) is 20.5. The number of piperidine rings is 1. The fraction of sp³-hybridized carbons (Fsp3) is 0.400. The van der Waals surface area contributed by atoms with E-state index in [2.05, 4.69) is 36.8 Å². The van der Waals surface area contributed by atoms with Gasteiger partial charge in [-0.2, -0.15) is 0 Å². The van der Waals surface area contributed by atoms with Crippen LogP contribution in [0, 0.1) is 5.92 Å². The van der Waals surface area contributed by atoms with Crippen molar-refractivity contribution in [3.05, 3.63) is 63.8 Å². The Bertz CT molecular complexity index is 1660. The van der Waals surface area contributed by atoms with Crippen LogP contribution >= 0.6 is 23.2 Å². The number of rotatable bonds is 9. The lowest BCUT2D eigenvalue weighted by Crippen LogP contribution is -2.34. The number of fused-ring (bicyclic) bond motifs is 2. The summed E-state index contributed by atoms with van der Waals surface area (Å²) in [5, 5.41) is 11.7. The van der Waals surface area contributed by atoms with E-state index in [1.807, 2.05) is 17.0 Å². The summed E-state index contributed by atoms with van der Waals surface area (Å²) in [4.78, 5) is 44.1. The Labute approximate surface area is 253 Å². The first-order valence-corrected chi connectivity index (χ1v) is 15.1. The van der Waals surface area contributed by atoms with E-state index in [9.17, 15) is 9.59 Å². The molecule has 2 aliphatic heterocycles. The Balaban J connectivity index is 1.31. The Hall–Kier alpha value is -3.69. The van der Waals surface area contributed by atoms with Crippen LogP contribution in [0.15, 0.2) is 42.4 Å². The third kappa shape index (κ3) is 6.22. The number of anilines is 1. The van der Waals surface area contributed by atoms with Crippen molar-refractivity contribution in [1.82, 2.24) is 35.5 Å². The number of nitrogens with zero attached hydrogens (tertiary/aromatic N) is 4. The Morgan fingerprint density at radius 2 is 1.90 bits per heavy atom. The van der Waals surface area contributed by atoms with Gasteiger partial charge in [-0.1, -0.05) is 23.2 Å². The van der Waals surface area contributed by atoms with Crippen LogP contribution in [0.2, 0.25) is 10.0 Å². The molecule has 0 saturated carbocycles. The minimum atomic E-state index is -0.476. The molecule has 218 valence electrons. The molecule has 42 heavy (non-hydrogen) atoms. The molecule has 10 nitrogen and oxygen atoms in total. The molecule has 0 radical (unpaired) electrons. The van der Waals surface area contributed by atoms with Crippen molar-refractivity contribution in [1.29, 1.82) is 0 Å². The average molecular weight is 608 g/mol. The van der Waals surface area contributed by atoms with Crippen LogP contribution in [0.5, 0.6) is 0 Å². The molecule has 4 N–H and O–H groups in total. The molecule has 2 aromatic carbocycles. The van der Waals surface area contributed by atoms with E-state index in [-0.39, 0.29) is 12.3 Å². The molecule has 0 spiro atoms. The molecule has 6 rings (SSSR count). The molecule has 2 aromatic heterocycles. The minimum absolute atomic E-state index is 0.0908. The van der Waals surface area contributed by atoms with Gasteiger partial charge in [0.15, 0.2) is 0 Å². The van der Waals surface area contributed by atoms with Crippen LogP contribution < -0.4 is 16.0 Å². The van der Waals surface area contributed by atoms with Crippen LogP contribution in [0.25, 0.3) is 21.9 Å². The standard InChI is InChI=1S/C30H32Cl2N8O2/c31-19-3-4-24-26(11-19)38-29(37-24)27(12-20(16-41)34-15-18-5-7-33-8-6-18)39-28-22-13-23(32)21(14-25(22)35-17-36-28)30(42)40-9-1-2-10-40/h3-4,11,13-14,17-18,27,33-34H,1-2,5-10,12,15H2,(H,37,38)(H,35,36,39). The summed E-state index contributed by atoms with van der Waals surface area (Å²) in [6.45, 7) is 4.12. The highest BCUT2D eigenvalue weighted by atomic mass is 35.5. The second-order valence-corrected chi connectivity index (χ2v) is 11.8. The number of hydrogen-bond donors (Lipinski definition) is 4. The maximum Gasteiger partial charge on any atom is 0.255 e. The van der Waals surface area contributed by atoms with Gasteiger partial charge < -0.3 is 25.8 Å². The number of aromatic amines is 1. The molecule has 2 aliphatic rings. The van der Waals surface area contributed by atoms with Crippen molar-refractivity contribution < 1.29 is 9.59 Å². The van der Waals surface area contributed by atoms with Crippen molar-refractivity contribution in [2.24, 2.45) is 5.92 Å². The summed E-state index contributed by atoms with van der Waals surface area (Å²) in [6.07, 6.45) is 5.83. The van der Waals surface area contributed by atoms with Crippen LogP contribution in [-0.4, -0.2) is 69.4 Å². The third-order valence-electron chi connectivity index (χ3n) is 8.05. The SMILES string of the molecule is O=C=C(CC(Nc1ncnc2cc(C(=O)N3CCCC3)c(Cl)cc12)c1nc2ccc(Cl)cc2[nH]1)NCC1CCNCC1. The number of carbonyl (C=O) groups excluding carboxylic acids is 2. The van der Waals surface area contributed by atoms with Crippen molar-refractivity contribution in [2.75, 3.05) is 38.0 Å². The second-order valence-electron chi connectivity index (χ2n) is 10.9. The lowest BCUT2D eigenvalue weighted by Gasteiger charge is -2.24. The van der Waals surface area contributed by atoms with Crippen molar-refractivity contribution in [3.8, 4) is 0 Å². The van der Waals surface area contributed by atoms with Gasteiger partial charge in [-0.15, -0.1) is 0 Å². The Morgan fingerprint density at radius 3 is 2.69 bits per heavy atom. The molecule has 1 unspecified atom stereocenters. The summed E-state index contributed by atoms with van der Waals surface area (Å²) >= 11 is 12.9.